The lowest BCUT2D eigenvalue weighted by molar-refractivity contribution is 0.0686. The molecule has 1 saturated carbocycles. The zero-order chi connectivity index (χ0) is 15.2. The summed E-state index contributed by atoms with van der Waals surface area (Å²) in [6, 6.07) is 2.12. The number of sulfone groups is 1. The summed E-state index contributed by atoms with van der Waals surface area (Å²) >= 11 is 1.54. The summed E-state index contributed by atoms with van der Waals surface area (Å²) in [5, 5.41) is 0. The predicted molar refractivity (Wildman–Crippen MR) is 84.7 cm³/mol. The van der Waals surface area contributed by atoms with Crippen LogP contribution in [0.1, 0.15) is 46.3 Å². The molecule has 0 aromatic carbocycles. The third-order valence-electron chi connectivity index (χ3n) is 4.39. The maximum Gasteiger partial charge on any atom is 0.264 e. The monoisotopic (exact) mass is 327 g/mol. The van der Waals surface area contributed by atoms with Gasteiger partial charge < -0.3 is 4.90 Å². The third kappa shape index (κ3) is 3.01. The highest BCUT2D eigenvalue weighted by Gasteiger charge is 2.42. The molecule has 0 radical (unpaired) electrons. The van der Waals surface area contributed by atoms with Crippen LogP contribution in [0.2, 0.25) is 0 Å². The van der Waals surface area contributed by atoms with Crippen LogP contribution in [0.3, 0.4) is 0 Å². The molecule has 2 fully saturated rings. The van der Waals surface area contributed by atoms with Gasteiger partial charge in [-0.1, -0.05) is 6.92 Å². The van der Waals surface area contributed by atoms with Crippen LogP contribution >= 0.6 is 11.3 Å². The third-order valence-corrected chi connectivity index (χ3v) is 7.22. The fourth-order valence-corrected chi connectivity index (χ4v) is 5.85. The quantitative estimate of drug-likeness (QED) is 0.853. The lowest BCUT2D eigenvalue weighted by Gasteiger charge is -2.27. The number of carbonyl (C=O) groups excluding carboxylic acids is 1. The van der Waals surface area contributed by atoms with Crippen molar-refractivity contribution in [1.82, 2.24) is 4.90 Å². The van der Waals surface area contributed by atoms with Gasteiger partial charge in [-0.15, -0.1) is 11.3 Å². The van der Waals surface area contributed by atoms with Crippen molar-refractivity contribution < 1.29 is 13.2 Å². The van der Waals surface area contributed by atoms with Crippen molar-refractivity contribution >= 4 is 27.1 Å². The van der Waals surface area contributed by atoms with Crippen molar-refractivity contribution in [3.8, 4) is 0 Å². The van der Waals surface area contributed by atoms with E-state index in [0.29, 0.717) is 6.42 Å². The Morgan fingerprint density at radius 1 is 1.33 bits per heavy atom. The van der Waals surface area contributed by atoms with Crippen LogP contribution in [0.25, 0.3) is 0 Å². The van der Waals surface area contributed by atoms with Crippen LogP contribution in [0, 0.1) is 6.92 Å². The number of carbonyl (C=O) groups is 1. The van der Waals surface area contributed by atoms with Crippen molar-refractivity contribution in [2.75, 3.05) is 11.5 Å². The minimum atomic E-state index is -2.96. The Bertz CT molecular complexity index is 658. The number of hydrogen-bond acceptors (Lipinski definition) is 4. The van der Waals surface area contributed by atoms with Crippen molar-refractivity contribution in [2.24, 2.45) is 0 Å². The number of hydrogen-bond donors (Lipinski definition) is 0. The molecule has 1 aliphatic carbocycles. The minimum Gasteiger partial charge on any atom is -0.331 e. The highest BCUT2D eigenvalue weighted by Crippen LogP contribution is 2.35. The minimum absolute atomic E-state index is 0.0346. The molecule has 4 nitrogen and oxygen atoms in total. The molecule has 2 heterocycles. The maximum atomic E-state index is 12.8. The topological polar surface area (TPSA) is 54.5 Å². The number of rotatable bonds is 4. The Labute approximate surface area is 130 Å². The highest BCUT2D eigenvalue weighted by atomic mass is 32.2. The van der Waals surface area contributed by atoms with Gasteiger partial charge in [0.25, 0.3) is 5.91 Å². The molecule has 0 bridgehead atoms. The molecule has 116 valence electrons. The molecule has 3 rings (SSSR count). The van der Waals surface area contributed by atoms with Gasteiger partial charge in [0.1, 0.15) is 0 Å². The zero-order valence-corrected chi connectivity index (χ0v) is 14.1. The number of amides is 1. The Kier molecular flexibility index (Phi) is 3.86. The summed E-state index contributed by atoms with van der Waals surface area (Å²) in [5.41, 5.74) is 1.22. The van der Waals surface area contributed by atoms with Crippen LogP contribution in [-0.4, -0.2) is 42.8 Å². The first kappa shape index (κ1) is 15.0. The van der Waals surface area contributed by atoms with Gasteiger partial charge in [-0.3, -0.25) is 4.79 Å². The summed E-state index contributed by atoms with van der Waals surface area (Å²) in [7, 11) is -2.96. The van der Waals surface area contributed by atoms with Gasteiger partial charge in [0.2, 0.25) is 0 Å². The molecule has 1 saturated heterocycles. The summed E-state index contributed by atoms with van der Waals surface area (Å²) in [6.45, 7) is 4.13. The van der Waals surface area contributed by atoms with Gasteiger partial charge in [0, 0.05) is 17.0 Å². The van der Waals surface area contributed by atoms with E-state index in [1.54, 1.807) is 0 Å². The molecule has 1 aromatic heterocycles. The van der Waals surface area contributed by atoms with Crippen LogP contribution < -0.4 is 0 Å². The van der Waals surface area contributed by atoms with Crippen molar-refractivity contribution in [2.45, 2.75) is 51.6 Å². The van der Waals surface area contributed by atoms with E-state index in [1.165, 1.54) is 21.8 Å². The first-order valence-electron chi connectivity index (χ1n) is 7.53. The molecule has 1 amide bonds. The molecule has 0 spiro atoms. The molecule has 1 aromatic rings. The Balaban J connectivity index is 1.85. The van der Waals surface area contributed by atoms with E-state index in [4.69, 9.17) is 0 Å². The molecule has 6 heteroatoms. The summed E-state index contributed by atoms with van der Waals surface area (Å²) < 4.78 is 23.4. The van der Waals surface area contributed by atoms with E-state index in [-0.39, 0.29) is 29.5 Å². The maximum absolute atomic E-state index is 12.8. The first-order valence-corrected chi connectivity index (χ1v) is 10.2. The van der Waals surface area contributed by atoms with E-state index in [2.05, 4.69) is 6.92 Å². The van der Waals surface area contributed by atoms with Crippen LogP contribution in [0.5, 0.6) is 0 Å². The molecule has 21 heavy (non-hydrogen) atoms. The number of thiophene rings is 1. The zero-order valence-electron chi connectivity index (χ0n) is 12.5. The molecule has 1 aliphatic heterocycles. The largest absolute Gasteiger partial charge is 0.331 e. The second kappa shape index (κ2) is 5.39. The van der Waals surface area contributed by atoms with Crippen molar-refractivity contribution in [1.29, 1.82) is 0 Å². The van der Waals surface area contributed by atoms with Crippen LogP contribution in [0.4, 0.5) is 0 Å². The fraction of sp³-hybridized carbons (Fsp3) is 0.667. The number of nitrogens with zero attached hydrogens (tertiary/aromatic N) is 1. The average molecular weight is 327 g/mol. The van der Waals surface area contributed by atoms with Crippen LogP contribution in [-0.2, 0) is 16.3 Å². The van der Waals surface area contributed by atoms with Gasteiger partial charge >= 0.3 is 0 Å². The summed E-state index contributed by atoms with van der Waals surface area (Å²) in [4.78, 5) is 16.7. The van der Waals surface area contributed by atoms with Crippen molar-refractivity contribution in [3.05, 3.63) is 21.4 Å². The fourth-order valence-electron chi connectivity index (χ4n) is 3.08. The molecule has 1 unspecified atom stereocenters. The van der Waals surface area contributed by atoms with E-state index in [0.717, 1.165) is 24.1 Å². The van der Waals surface area contributed by atoms with E-state index in [9.17, 15) is 13.2 Å². The summed E-state index contributed by atoms with van der Waals surface area (Å²) in [5.74, 6) is 0.394. The van der Waals surface area contributed by atoms with E-state index in [1.807, 2.05) is 17.9 Å². The molecule has 2 aliphatic rings. The summed E-state index contributed by atoms with van der Waals surface area (Å²) in [6.07, 6.45) is 3.53. The lowest BCUT2D eigenvalue weighted by Crippen LogP contribution is -2.42. The molecular weight excluding hydrogens is 306 g/mol. The first-order chi connectivity index (χ1) is 9.91. The molecular formula is C15H21NO3S2. The Morgan fingerprint density at radius 3 is 2.52 bits per heavy atom. The van der Waals surface area contributed by atoms with Gasteiger partial charge in [0.05, 0.1) is 16.4 Å². The van der Waals surface area contributed by atoms with Gasteiger partial charge in [0.15, 0.2) is 9.84 Å². The molecule has 0 N–H and O–H groups in total. The Morgan fingerprint density at radius 2 is 2.05 bits per heavy atom. The highest BCUT2D eigenvalue weighted by molar-refractivity contribution is 7.91. The second-order valence-corrected chi connectivity index (χ2v) is 9.53. The van der Waals surface area contributed by atoms with Gasteiger partial charge in [-0.05, 0) is 44.2 Å². The number of aryl methyl sites for hydroxylation is 2. The Hall–Kier alpha value is -0.880. The second-order valence-electron chi connectivity index (χ2n) is 6.05. The smallest absolute Gasteiger partial charge is 0.264 e. The lowest BCUT2D eigenvalue weighted by atomic mass is 10.1. The average Bonchev–Trinajstić information content (AvgIpc) is 3.08. The predicted octanol–water partition coefficient (Wildman–Crippen LogP) is 2.41. The standard InChI is InChI=1S/C15H21NO3S2/c1-3-11-8-14(20-10(11)2)15(17)16(12-4-5-12)13-6-7-21(18,19)9-13/h8,12-13H,3-7,9H2,1-2H3. The van der Waals surface area contributed by atoms with E-state index >= 15 is 0 Å². The van der Waals surface area contributed by atoms with Gasteiger partial charge in [-0.25, -0.2) is 8.42 Å². The van der Waals surface area contributed by atoms with Crippen LogP contribution in [0.15, 0.2) is 6.07 Å². The molecule has 1 atom stereocenters. The van der Waals surface area contributed by atoms with E-state index < -0.39 is 9.84 Å². The SMILES string of the molecule is CCc1cc(C(=O)N(C2CC2)C2CCS(=O)(=O)C2)sc1C. The van der Waals surface area contributed by atoms with Crippen molar-refractivity contribution in [3.63, 3.8) is 0 Å². The van der Waals surface area contributed by atoms with Gasteiger partial charge in [-0.2, -0.15) is 0 Å². The normalized spacial score (nSPS) is 24.2.